The van der Waals surface area contributed by atoms with Gasteiger partial charge in [0.25, 0.3) is 7.82 Å². The summed E-state index contributed by atoms with van der Waals surface area (Å²) in [5, 5.41) is 0. The summed E-state index contributed by atoms with van der Waals surface area (Å²) in [5.74, 6) is 0. The zero-order valence-corrected chi connectivity index (χ0v) is 16.2. The predicted molar refractivity (Wildman–Crippen MR) is 75.6 cm³/mol. The van der Waals surface area contributed by atoms with Gasteiger partial charge in [-0.15, -0.1) is 0 Å². The second kappa shape index (κ2) is 14.4. The zero-order valence-electron chi connectivity index (χ0n) is 12.5. The Morgan fingerprint density at radius 3 is 2.35 bits per heavy atom. The smallest absolute Gasteiger partial charge is 0.265 e. The van der Waals surface area contributed by atoms with Gasteiger partial charge in [0.05, 0.1) is 6.61 Å². The molecule has 6 heteroatoms. The van der Waals surface area contributed by atoms with Crippen molar-refractivity contribution in [3.63, 3.8) is 0 Å². The van der Waals surface area contributed by atoms with E-state index in [1.807, 2.05) is 51.1 Å². The van der Waals surface area contributed by atoms with Gasteiger partial charge in [-0.25, -0.2) is 0 Å². The van der Waals surface area contributed by atoms with Crippen molar-refractivity contribution in [3.05, 3.63) is 42.3 Å². The molecule has 0 spiro atoms. The minimum absolute atomic E-state index is 0. The zero-order chi connectivity index (χ0) is 14.6. The van der Waals surface area contributed by atoms with E-state index in [0.29, 0.717) is 12.8 Å². The standard InChI is InChI=1S/C12H18O4P.C2H6.Y/c1-2-10-15-17(13,14)16-11-6-9-12-7-4-3-5-8-12;1-2;/h3-8H,2,9-11H2,1H3,(H,13,14);1-2H3;/q-1;;/p-1. The minimum Gasteiger partial charge on any atom is -0.756 e. The maximum Gasteiger partial charge on any atom is 0.265 e. The number of hydrogen-bond acceptors (Lipinski definition) is 4. The van der Waals surface area contributed by atoms with E-state index in [-0.39, 0.29) is 45.9 Å². The summed E-state index contributed by atoms with van der Waals surface area (Å²) in [6, 6.07) is 9.76. The Bertz CT molecular complexity index is 359. The van der Waals surface area contributed by atoms with Crippen LogP contribution in [-0.2, 0) is 52.7 Å². The van der Waals surface area contributed by atoms with E-state index < -0.39 is 7.82 Å². The molecule has 1 atom stereocenters. The molecule has 0 aliphatic heterocycles. The second-order valence-electron chi connectivity index (χ2n) is 3.55. The molecule has 0 aliphatic rings. The Hall–Kier alpha value is 0.434. The van der Waals surface area contributed by atoms with Crippen molar-refractivity contribution in [1.82, 2.24) is 0 Å². The number of benzene rings is 1. The molecular weight excluding hydrogens is 352 g/mol. The summed E-state index contributed by atoms with van der Waals surface area (Å²) in [6.07, 6.45) is 3.08. The van der Waals surface area contributed by atoms with Crippen molar-refractivity contribution in [1.29, 1.82) is 0 Å². The van der Waals surface area contributed by atoms with E-state index >= 15 is 0 Å². The Balaban J connectivity index is 0. The van der Waals surface area contributed by atoms with Crippen molar-refractivity contribution in [3.8, 4) is 0 Å². The van der Waals surface area contributed by atoms with Gasteiger partial charge < -0.3 is 13.9 Å². The van der Waals surface area contributed by atoms with E-state index in [1.165, 1.54) is 0 Å². The Kier molecular flexibility index (Phi) is 16.3. The molecule has 0 bridgehead atoms. The predicted octanol–water partition coefficient (Wildman–Crippen LogP) is 3.37. The summed E-state index contributed by atoms with van der Waals surface area (Å²) < 4.78 is 20.4. The molecule has 1 rings (SSSR count). The van der Waals surface area contributed by atoms with Gasteiger partial charge in [-0.3, -0.25) is 11.0 Å². The first-order valence-corrected chi connectivity index (χ1v) is 8.06. The molecule has 113 valence electrons. The van der Waals surface area contributed by atoms with Gasteiger partial charge in [0.15, 0.2) is 0 Å². The number of rotatable bonds is 8. The molecule has 0 saturated carbocycles. The fraction of sp³-hybridized carbons (Fsp3) is 0.500. The maximum atomic E-state index is 11.2. The topological polar surface area (TPSA) is 58.6 Å². The third kappa shape index (κ3) is 12.2. The van der Waals surface area contributed by atoms with Gasteiger partial charge in [-0.1, -0.05) is 63.3 Å². The number of hydrogen-bond donors (Lipinski definition) is 0. The molecule has 0 N–H and O–H groups in total. The summed E-state index contributed by atoms with van der Waals surface area (Å²) in [6.45, 7) is 6.04. The van der Waals surface area contributed by atoms with E-state index in [9.17, 15) is 9.46 Å². The molecule has 0 fully saturated rings. The van der Waals surface area contributed by atoms with Crippen LogP contribution in [0.25, 0.3) is 0 Å². The monoisotopic (exact) mass is 375 g/mol. The van der Waals surface area contributed by atoms with Crippen LogP contribution in [0.3, 0.4) is 0 Å². The van der Waals surface area contributed by atoms with Crippen LogP contribution in [0.1, 0.15) is 32.8 Å². The normalized spacial score (nSPS) is 12.6. The summed E-state index contributed by atoms with van der Waals surface area (Å²) in [5.41, 5.74) is 1.12. The second-order valence-corrected chi connectivity index (χ2v) is 4.97. The van der Waals surface area contributed by atoms with Crippen molar-refractivity contribution < 1.29 is 51.2 Å². The van der Waals surface area contributed by atoms with Gasteiger partial charge in [0.1, 0.15) is 0 Å². The van der Waals surface area contributed by atoms with Crippen LogP contribution in [0.2, 0.25) is 0 Å². The fourth-order valence-corrected chi connectivity index (χ4v) is 1.99. The first-order chi connectivity index (χ1) is 9.14. The van der Waals surface area contributed by atoms with Gasteiger partial charge in [0.2, 0.25) is 0 Å². The molecule has 1 aromatic rings. The molecule has 20 heavy (non-hydrogen) atoms. The SMILES string of the molecule is CC.CCCOP(=O)([O-])OC[CH-]Cc1ccccc1.[Y]. The van der Waals surface area contributed by atoms with Crippen LogP contribution in [-0.4, -0.2) is 13.2 Å². The number of phosphoric ester groups is 1. The van der Waals surface area contributed by atoms with Crippen LogP contribution >= 0.6 is 7.82 Å². The summed E-state index contributed by atoms with van der Waals surface area (Å²) in [7, 11) is -4.11. The third-order valence-electron chi connectivity index (χ3n) is 2.03. The molecular formula is C14H23O4PY-2. The van der Waals surface area contributed by atoms with Crippen LogP contribution < -0.4 is 4.89 Å². The third-order valence-corrected chi connectivity index (χ3v) is 2.99. The summed E-state index contributed by atoms with van der Waals surface area (Å²) in [4.78, 5) is 11.2. The molecule has 0 aliphatic carbocycles. The average molecular weight is 375 g/mol. The average Bonchev–Trinajstić information content (AvgIpc) is 2.45. The van der Waals surface area contributed by atoms with E-state index in [2.05, 4.69) is 9.05 Å². The minimum atomic E-state index is -4.11. The number of phosphoric acid groups is 1. The van der Waals surface area contributed by atoms with E-state index in [4.69, 9.17) is 0 Å². The molecule has 0 aromatic heterocycles. The molecule has 1 aromatic carbocycles. The maximum absolute atomic E-state index is 11.2. The van der Waals surface area contributed by atoms with Gasteiger partial charge in [-0.2, -0.15) is 6.42 Å². The molecule has 1 unspecified atom stereocenters. The molecule has 4 nitrogen and oxygen atoms in total. The van der Waals surface area contributed by atoms with Crippen molar-refractivity contribution in [2.45, 2.75) is 33.6 Å². The Morgan fingerprint density at radius 1 is 1.20 bits per heavy atom. The fourth-order valence-electron chi connectivity index (χ4n) is 1.22. The first-order valence-electron chi connectivity index (χ1n) is 6.60. The molecule has 0 saturated heterocycles. The van der Waals surface area contributed by atoms with Crippen LogP contribution in [0.15, 0.2) is 30.3 Å². The Morgan fingerprint density at radius 2 is 1.80 bits per heavy atom. The largest absolute Gasteiger partial charge is 0.756 e. The van der Waals surface area contributed by atoms with Gasteiger partial charge >= 0.3 is 0 Å². The van der Waals surface area contributed by atoms with Gasteiger partial charge in [-0.05, 0) is 6.42 Å². The van der Waals surface area contributed by atoms with E-state index in [1.54, 1.807) is 6.42 Å². The summed E-state index contributed by atoms with van der Waals surface area (Å²) >= 11 is 0. The van der Waals surface area contributed by atoms with Crippen LogP contribution in [0, 0.1) is 6.42 Å². The van der Waals surface area contributed by atoms with E-state index in [0.717, 1.165) is 5.56 Å². The molecule has 1 radical (unpaired) electrons. The Labute approximate surface area is 147 Å². The van der Waals surface area contributed by atoms with Crippen molar-refractivity contribution in [2.24, 2.45) is 0 Å². The van der Waals surface area contributed by atoms with Crippen molar-refractivity contribution in [2.75, 3.05) is 13.2 Å². The van der Waals surface area contributed by atoms with Gasteiger partial charge in [0, 0.05) is 32.7 Å². The molecule has 0 heterocycles. The quantitative estimate of drug-likeness (QED) is 0.397. The van der Waals surface area contributed by atoms with Crippen LogP contribution in [0.4, 0.5) is 0 Å². The van der Waals surface area contributed by atoms with Crippen LogP contribution in [0.5, 0.6) is 0 Å². The molecule has 0 amide bonds. The van der Waals surface area contributed by atoms with Crippen molar-refractivity contribution >= 4 is 7.82 Å². The first kappa shape index (κ1) is 22.7.